The number of aliphatic hydroxyl groups excluding tert-OH is 1. The van der Waals surface area contributed by atoms with Gasteiger partial charge >= 0.3 is 6.18 Å². The summed E-state index contributed by atoms with van der Waals surface area (Å²) in [5.74, 6) is -0.964. The Labute approximate surface area is 117 Å². The summed E-state index contributed by atoms with van der Waals surface area (Å²) in [4.78, 5) is 22.8. The number of carbonyl (C=O) groups excluding carboxylic acids is 1. The first kappa shape index (κ1) is 16.9. The number of para-hydroxylation sites is 1. The highest BCUT2D eigenvalue weighted by atomic mass is 19.4. The van der Waals surface area contributed by atoms with E-state index in [4.69, 9.17) is 5.11 Å². The van der Waals surface area contributed by atoms with E-state index in [2.05, 4.69) is 0 Å². The number of benzene rings is 1. The van der Waals surface area contributed by atoms with Crippen LogP contribution in [-0.2, 0) is 0 Å². The predicted molar refractivity (Wildman–Crippen MR) is 66.9 cm³/mol. The fourth-order valence-electron chi connectivity index (χ4n) is 1.73. The van der Waals surface area contributed by atoms with Crippen molar-refractivity contribution < 1.29 is 28.0 Å². The molecule has 0 fully saturated rings. The molecule has 1 aromatic carbocycles. The molecule has 1 rings (SSSR count). The minimum absolute atomic E-state index is 0.218. The van der Waals surface area contributed by atoms with E-state index in [-0.39, 0.29) is 11.1 Å². The molecule has 1 atom stereocenters. The Balaban J connectivity index is 3.04. The first-order chi connectivity index (χ1) is 9.55. The van der Waals surface area contributed by atoms with Crippen LogP contribution in [0.15, 0.2) is 18.2 Å². The lowest BCUT2D eigenvalue weighted by Crippen LogP contribution is -2.41. The Kier molecular flexibility index (Phi) is 4.89. The lowest BCUT2D eigenvalue weighted by Gasteiger charge is -2.22. The van der Waals surface area contributed by atoms with Crippen molar-refractivity contribution in [2.24, 2.45) is 0 Å². The number of rotatable bonds is 4. The summed E-state index contributed by atoms with van der Waals surface area (Å²) in [6, 6.07) is 3.97. The predicted octanol–water partition coefficient (Wildman–Crippen LogP) is 1.90. The smallest absolute Gasteiger partial charge is 0.382 e. The van der Waals surface area contributed by atoms with Gasteiger partial charge in [-0.2, -0.15) is 13.2 Å². The molecule has 1 unspecified atom stereocenters. The second-order valence-electron chi connectivity index (χ2n) is 4.47. The normalized spacial score (nSPS) is 12.9. The lowest BCUT2D eigenvalue weighted by molar-refractivity contribution is -0.385. The third-order valence-corrected chi connectivity index (χ3v) is 2.82. The molecule has 1 aromatic rings. The molecule has 0 aliphatic carbocycles. The van der Waals surface area contributed by atoms with E-state index in [0.29, 0.717) is 4.90 Å². The number of nitro groups is 1. The number of hydrogen-bond donors (Lipinski definition) is 1. The molecule has 0 bridgehead atoms. The van der Waals surface area contributed by atoms with E-state index >= 15 is 0 Å². The standard InChI is InChI=1S/C12H13F3N2O4/c1-7-4-3-5-8(10(7)17(20)21)11(19)16(2)6-9(18)12(13,14)15/h3-5,9,18H,6H2,1-2H3. The molecule has 116 valence electrons. The van der Waals surface area contributed by atoms with Crippen molar-refractivity contribution in [2.45, 2.75) is 19.2 Å². The zero-order valence-corrected chi connectivity index (χ0v) is 11.2. The van der Waals surface area contributed by atoms with Crippen LogP contribution in [0.5, 0.6) is 0 Å². The SMILES string of the molecule is Cc1cccc(C(=O)N(C)CC(O)C(F)(F)F)c1[N+](=O)[O-]. The number of aliphatic hydroxyl groups is 1. The Morgan fingerprint density at radius 2 is 2.05 bits per heavy atom. The van der Waals surface area contributed by atoms with Crippen LogP contribution in [0.4, 0.5) is 18.9 Å². The molecular weight excluding hydrogens is 293 g/mol. The van der Waals surface area contributed by atoms with Gasteiger partial charge in [-0.15, -0.1) is 0 Å². The maximum absolute atomic E-state index is 12.3. The topological polar surface area (TPSA) is 83.7 Å². The third kappa shape index (κ3) is 3.91. The second-order valence-corrected chi connectivity index (χ2v) is 4.47. The minimum Gasteiger partial charge on any atom is -0.382 e. The van der Waals surface area contributed by atoms with Gasteiger partial charge in [0.15, 0.2) is 6.10 Å². The Morgan fingerprint density at radius 3 is 2.52 bits per heavy atom. The van der Waals surface area contributed by atoms with Crippen molar-refractivity contribution in [2.75, 3.05) is 13.6 Å². The molecule has 0 saturated carbocycles. The maximum Gasteiger partial charge on any atom is 0.416 e. The van der Waals surface area contributed by atoms with Crippen molar-refractivity contribution >= 4 is 11.6 Å². The van der Waals surface area contributed by atoms with Gasteiger partial charge in [-0.1, -0.05) is 12.1 Å². The number of nitrogens with zero attached hydrogens (tertiary/aromatic N) is 2. The molecule has 0 saturated heterocycles. The van der Waals surface area contributed by atoms with Crippen LogP contribution in [0.1, 0.15) is 15.9 Å². The van der Waals surface area contributed by atoms with Crippen LogP contribution >= 0.6 is 0 Å². The first-order valence-corrected chi connectivity index (χ1v) is 5.80. The molecule has 21 heavy (non-hydrogen) atoms. The van der Waals surface area contributed by atoms with Crippen molar-refractivity contribution in [3.05, 3.63) is 39.4 Å². The summed E-state index contributed by atoms with van der Waals surface area (Å²) in [6.07, 6.45) is -7.58. The Morgan fingerprint density at radius 1 is 1.48 bits per heavy atom. The van der Waals surface area contributed by atoms with E-state index < -0.39 is 35.3 Å². The molecule has 6 nitrogen and oxygen atoms in total. The molecule has 0 aliphatic rings. The van der Waals surface area contributed by atoms with Gasteiger partial charge in [-0.05, 0) is 13.0 Å². The highest BCUT2D eigenvalue weighted by Crippen LogP contribution is 2.25. The van der Waals surface area contributed by atoms with Crippen LogP contribution in [0.25, 0.3) is 0 Å². The number of alkyl halides is 3. The summed E-state index contributed by atoms with van der Waals surface area (Å²) >= 11 is 0. The fraction of sp³-hybridized carbons (Fsp3) is 0.417. The fourth-order valence-corrected chi connectivity index (χ4v) is 1.73. The molecule has 1 amide bonds. The highest BCUT2D eigenvalue weighted by molar-refractivity contribution is 5.98. The minimum atomic E-state index is -4.87. The Bertz CT molecular complexity index is 560. The number of halogens is 3. The van der Waals surface area contributed by atoms with Crippen molar-refractivity contribution in [1.82, 2.24) is 4.90 Å². The molecule has 0 aliphatic heterocycles. The molecule has 0 heterocycles. The summed E-state index contributed by atoms with van der Waals surface area (Å²) < 4.78 is 36.8. The molecule has 0 aromatic heterocycles. The van der Waals surface area contributed by atoms with Gasteiger partial charge in [0.25, 0.3) is 11.6 Å². The average Bonchev–Trinajstić information content (AvgIpc) is 2.35. The van der Waals surface area contributed by atoms with Crippen molar-refractivity contribution in [1.29, 1.82) is 0 Å². The number of aryl methyl sites for hydroxylation is 1. The zero-order chi connectivity index (χ0) is 16.4. The highest BCUT2D eigenvalue weighted by Gasteiger charge is 2.40. The molecule has 1 N–H and O–H groups in total. The van der Waals surface area contributed by atoms with Crippen LogP contribution in [-0.4, -0.2) is 46.7 Å². The van der Waals surface area contributed by atoms with Crippen molar-refractivity contribution in [3.8, 4) is 0 Å². The number of nitro benzene ring substituents is 1. The van der Waals surface area contributed by atoms with Gasteiger partial charge in [0.05, 0.1) is 11.5 Å². The van der Waals surface area contributed by atoms with Crippen LogP contribution in [0, 0.1) is 17.0 Å². The second kappa shape index (κ2) is 6.08. The van der Waals surface area contributed by atoms with Gasteiger partial charge in [-0.25, -0.2) is 0 Å². The maximum atomic E-state index is 12.3. The zero-order valence-electron chi connectivity index (χ0n) is 11.2. The van der Waals surface area contributed by atoms with Gasteiger partial charge in [0.1, 0.15) is 5.56 Å². The third-order valence-electron chi connectivity index (χ3n) is 2.82. The first-order valence-electron chi connectivity index (χ1n) is 5.80. The summed E-state index contributed by atoms with van der Waals surface area (Å²) in [7, 11) is 1.03. The lowest BCUT2D eigenvalue weighted by atomic mass is 10.1. The average molecular weight is 306 g/mol. The van der Waals surface area contributed by atoms with E-state index in [9.17, 15) is 28.1 Å². The molecule has 0 spiro atoms. The monoisotopic (exact) mass is 306 g/mol. The van der Waals surface area contributed by atoms with Gasteiger partial charge < -0.3 is 10.0 Å². The van der Waals surface area contributed by atoms with Gasteiger partial charge in [-0.3, -0.25) is 14.9 Å². The largest absolute Gasteiger partial charge is 0.416 e. The summed E-state index contributed by atoms with van der Waals surface area (Å²) in [6.45, 7) is 0.410. The van der Waals surface area contributed by atoms with E-state index in [1.165, 1.54) is 19.1 Å². The molecular formula is C12H13F3N2O4. The van der Waals surface area contributed by atoms with Crippen molar-refractivity contribution in [3.63, 3.8) is 0 Å². The molecule has 9 heteroatoms. The number of carbonyl (C=O) groups is 1. The summed E-state index contributed by atoms with van der Waals surface area (Å²) in [5, 5.41) is 19.9. The number of hydrogen-bond acceptors (Lipinski definition) is 4. The number of amides is 1. The van der Waals surface area contributed by atoms with Gasteiger partial charge in [0, 0.05) is 12.6 Å². The van der Waals surface area contributed by atoms with Crippen LogP contribution < -0.4 is 0 Å². The number of likely N-dealkylation sites (N-methyl/N-ethyl adjacent to an activating group) is 1. The quantitative estimate of drug-likeness (QED) is 0.680. The molecule has 0 radical (unpaired) electrons. The van der Waals surface area contributed by atoms with Gasteiger partial charge in [0.2, 0.25) is 0 Å². The van der Waals surface area contributed by atoms with Crippen LogP contribution in [0.3, 0.4) is 0 Å². The Hall–Kier alpha value is -2.16. The summed E-state index contributed by atoms with van der Waals surface area (Å²) in [5.41, 5.74) is -0.566. The van der Waals surface area contributed by atoms with Crippen LogP contribution in [0.2, 0.25) is 0 Å². The van der Waals surface area contributed by atoms with E-state index in [1.54, 1.807) is 0 Å². The van der Waals surface area contributed by atoms with E-state index in [0.717, 1.165) is 13.1 Å². The van der Waals surface area contributed by atoms with E-state index in [1.807, 2.05) is 0 Å².